The molecule has 5 nitrogen and oxygen atoms in total. The molecule has 1 aromatic carbocycles. The first-order valence-electron chi connectivity index (χ1n) is 7.73. The molecule has 0 aliphatic carbocycles. The third-order valence-corrected chi connectivity index (χ3v) is 4.71. The Labute approximate surface area is 141 Å². The molecule has 1 aromatic heterocycles. The summed E-state index contributed by atoms with van der Waals surface area (Å²) in [6, 6.07) is 7.78. The van der Waals surface area contributed by atoms with Gasteiger partial charge in [-0.25, -0.2) is 4.98 Å². The van der Waals surface area contributed by atoms with Crippen molar-refractivity contribution in [3.63, 3.8) is 0 Å². The molecular weight excluding hydrogens is 310 g/mol. The van der Waals surface area contributed by atoms with Crippen LogP contribution >= 0.6 is 11.8 Å². The second-order valence-corrected chi connectivity index (χ2v) is 6.36. The fourth-order valence-corrected chi connectivity index (χ4v) is 3.30. The van der Waals surface area contributed by atoms with E-state index in [1.807, 2.05) is 60.7 Å². The highest BCUT2D eigenvalue weighted by Crippen LogP contribution is 2.27. The number of carbonyl (C=O) groups excluding carboxylic acids is 1. The molecular formula is C17H23N3O2S. The number of methoxy groups -OCH3 is 1. The van der Waals surface area contributed by atoms with Crippen LogP contribution in [0, 0.1) is 0 Å². The zero-order chi connectivity index (χ0) is 16.8. The van der Waals surface area contributed by atoms with Gasteiger partial charge >= 0.3 is 0 Å². The Balaban J connectivity index is 2.19. The quantitative estimate of drug-likeness (QED) is 0.730. The first kappa shape index (κ1) is 17.4. The number of thioether (sulfide) groups is 1. The van der Waals surface area contributed by atoms with Gasteiger partial charge in [-0.05, 0) is 32.9 Å². The number of aromatic nitrogens is 2. The maximum atomic E-state index is 12.4. The smallest absolute Gasteiger partial charge is 0.235 e. The first-order valence-corrected chi connectivity index (χ1v) is 8.61. The Morgan fingerprint density at radius 2 is 2.13 bits per heavy atom. The summed E-state index contributed by atoms with van der Waals surface area (Å²) in [7, 11) is 1.65. The van der Waals surface area contributed by atoms with Crippen LogP contribution in [-0.4, -0.2) is 45.8 Å². The Morgan fingerprint density at radius 1 is 1.39 bits per heavy atom. The Kier molecular flexibility index (Phi) is 6.10. The molecule has 124 valence electrons. The molecule has 1 amide bonds. The lowest BCUT2D eigenvalue weighted by Gasteiger charge is -2.22. The summed E-state index contributed by atoms with van der Waals surface area (Å²) in [5.41, 5.74) is 0.965. The van der Waals surface area contributed by atoms with Gasteiger partial charge in [-0.2, -0.15) is 0 Å². The van der Waals surface area contributed by atoms with E-state index in [0.29, 0.717) is 0 Å². The van der Waals surface area contributed by atoms with E-state index in [4.69, 9.17) is 4.74 Å². The minimum atomic E-state index is -0.179. The zero-order valence-electron chi connectivity index (χ0n) is 14.0. The van der Waals surface area contributed by atoms with Crippen molar-refractivity contribution in [2.75, 3.05) is 20.2 Å². The molecule has 0 spiro atoms. The van der Waals surface area contributed by atoms with Gasteiger partial charge in [0.25, 0.3) is 0 Å². The summed E-state index contributed by atoms with van der Waals surface area (Å²) in [6.45, 7) is 7.37. The van der Waals surface area contributed by atoms with Gasteiger partial charge in [0.05, 0.1) is 18.0 Å². The second kappa shape index (κ2) is 8.06. The molecule has 23 heavy (non-hydrogen) atoms. The van der Waals surface area contributed by atoms with Crippen molar-refractivity contribution in [2.45, 2.75) is 31.2 Å². The number of hydrogen-bond acceptors (Lipinski definition) is 4. The summed E-state index contributed by atoms with van der Waals surface area (Å²) in [5.74, 6) is 0.930. The molecule has 1 heterocycles. The van der Waals surface area contributed by atoms with E-state index < -0.39 is 0 Å². The van der Waals surface area contributed by atoms with Crippen LogP contribution in [-0.2, 0) is 4.79 Å². The topological polar surface area (TPSA) is 47.4 Å². The standard InChI is InChI=1S/C17H23N3O2S/c1-5-19(6-2)16(21)13(3)23-17-18-10-11-20(17)14-8-7-9-15(12-14)22-4/h7-13H,5-6H2,1-4H3. The molecule has 1 unspecified atom stereocenters. The third-order valence-electron chi connectivity index (χ3n) is 3.64. The van der Waals surface area contributed by atoms with E-state index in [1.165, 1.54) is 11.8 Å². The molecule has 2 aromatic rings. The van der Waals surface area contributed by atoms with Gasteiger partial charge in [0.1, 0.15) is 5.75 Å². The van der Waals surface area contributed by atoms with Crippen molar-refractivity contribution in [3.05, 3.63) is 36.7 Å². The highest BCUT2D eigenvalue weighted by atomic mass is 32.2. The van der Waals surface area contributed by atoms with Crippen LogP contribution in [0.4, 0.5) is 0 Å². The Hall–Kier alpha value is -1.95. The van der Waals surface area contributed by atoms with Crippen molar-refractivity contribution in [2.24, 2.45) is 0 Å². The summed E-state index contributed by atoms with van der Waals surface area (Å²) in [4.78, 5) is 18.7. The predicted octanol–water partition coefficient (Wildman–Crippen LogP) is 3.23. The molecule has 2 rings (SSSR count). The van der Waals surface area contributed by atoms with Crippen LogP contribution in [0.1, 0.15) is 20.8 Å². The molecule has 0 aliphatic heterocycles. The van der Waals surface area contributed by atoms with Gasteiger partial charge in [0.2, 0.25) is 5.91 Å². The first-order chi connectivity index (χ1) is 11.1. The lowest BCUT2D eigenvalue weighted by molar-refractivity contribution is -0.129. The average molecular weight is 333 g/mol. The van der Waals surface area contributed by atoms with Crippen LogP contribution in [0.2, 0.25) is 0 Å². The van der Waals surface area contributed by atoms with E-state index >= 15 is 0 Å². The highest BCUT2D eigenvalue weighted by molar-refractivity contribution is 8.00. The van der Waals surface area contributed by atoms with Crippen molar-refractivity contribution in [1.29, 1.82) is 0 Å². The molecule has 0 saturated carbocycles. The fraction of sp³-hybridized carbons (Fsp3) is 0.412. The Morgan fingerprint density at radius 3 is 2.78 bits per heavy atom. The van der Waals surface area contributed by atoms with Gasteiger partial charge in [-0.15, -0.1) is 0 Å². The lowest BCUT2D eigenvalue weighted by Crippen LogP contribution is -2.36. The number of hydrogen-bond donors (Lipinski definition) is 0. The second-order valence-electron chi connectivity index (χ2n) is 5.05. The molecule has 1 atom stereocenters. The summed E-state index contributed by atoms with van der Waals surface area (Å²) < 4.78 is 7.24. The summed E-state index contributed by atoms with van der Waals surface area (Å²) in [6.07, 6.45) is 3.64. The van der Waals surface area contributed by atoms with Gasteiger partial charge < -0.3 is 9.64 Å². The molecule has 0 saturated heterocycles. The van der Waals surface area contributed by atoms with E-state index in [9.17, 15) is 4.79 Å². The normalized spacial score (nSPS) is 12.0. The Bertz CT molecular complexity index is 653. The van der Waals surface area contributed by atoms with E-state index in [2.05, 4.69) is 4.98 Å². The maximum absolute atomic E-state index is 12.4. The number of imidazole rings is 1. The molecule has 0 radical (unpaired) electrons. The SMILES string of the molecule is CCN(CC)C(=O)C(C)Sc1nccn1-c1cccc(OC)c1. The summed E-state index contributed by atoms with van der Waals surface area (Å²) >= 11 is 1.47. The third kappa shape index (κ3) is 4.07. The van der Waals surface area contributed by atoms with Crippen molar-refractivity contribution in [3.8, 4) is 11.4 Å². The number of rotatable bonds is 7. The van der Waals surface area contributed by atoms with Crippen LogP contribution in [0.3, 0.4) is 0 Å². The van der Waals surface area contributed by atoms with Crippen molar-refractivity contribution in [1.82, 2.24) is 14.5 Å². The number of ether oxygens (including phenoxy) is 1. The van der Waals surface area contributed by atoms with Crippen molar-refractivity contribution >= 4 is 17.7 Å². The van der Waals surface area contributed by atoms with E-state index in [1.54, 1.807) is 13.3 Å². The van der Waals surface area contributed by atoms with Crippen LogP contribution in [0.5, 0.6) is 5.75 Å². The highest BCUT2D eigenvalue weighted by Gasteiger charge is 2.21. The number of carbonyl (C=O) groups is 1. The van der Waals surface area contributed by atoms with E-state index in [-0.39, 0.29) is 11.2 Å². The van der Waals surface area contributed by atoms with Crippen LogP contribution < -0.4 is 4.74 Å². The minimum absolute atomic E-state index is 0.139. The van der Waals surface area contributed by atoms with Crippen LogP contribution in [0.25, 0.3) is 5.69 Å². The minimum Gasteiger partial charge on any atom is -0.497 e. The number of benzene rings is 1. The van der Waals surface area contributed by atoms with Gasteiger partial charge in [-0.1, -0.05) is 17.8 Å². The van der Waals surface area contributed by atoms with Crippen LogP contribution in [0.15, 0.2) is 41.8 Å². The largest absolute Gasteiger partial charge is 0.497 e. The molecule has 0 bridgehead atoms. The van der Waals surface area contributed by atoms with Crippen molar-refractivity contribution < 1.29 is 9.53 Å². The average Bonchev–Trinajstić information content (AvgIpc) is 3.04. The zero-order valence-corrected chi connectivity index (χ0v) is 14.8. The van der Waals surface area contributed by atoms with E-state index in [0.717, 1.165) is 29.7 Å². The summed E-state index contributed by atoms with van der Waals surface area (Å²) in [5, 5.41) is 0.618. The fourth-order valence-electron chi connectivity index (χ4n) is 2.33. The van der Waals surface area contributed by atoms with Gasteiger partial charge in [-0.3, -0.25) is 9.36 Å². The molecule has 0 aliphatic rings. The van der Waals surface area contributed by atoms with Gasteiger partial charge in [0.15, 0.2) is 5.16 Å². The maximum Gasteiger partial charge on any atom is 0.235 e. The number of amides is 1. The van der Waals surface area contributed by atoms with Gasteiger partial charge in [0, 0.05) is 31.5 Å². The molecule has 6 heteroatoms. The molecule has 0 fully saturated rings. The predicted molar refractivity (Wildman–Crippen MR) is 93.4 cm³/mol. The monoisotopic (exact) mass is 333 g/mol. The lowest BCUT2D eigenvalue weighted by atomic mass is 10.3. The number of nitrogens with zero attached hydrogens (tertiary/aromatic N) is 3. The molecule has 0 N–H and O–H groups in total.